The maximum atomic E-state index is 13.9. The molecule has 0 radical (unpaired) electrons. The van der Waals surface area contributed by atoms with E-state index in [9.17, 15) is 22.4 Å². The van der Waals surface area contributed by atoms with Crippen LogP contribution in [0.3, 0.4) is 0 Å². The molecule has 2 aromatic rings. The summed E-state index contributed by atoms with van der Waals surface area (Å²) in [6.45, 7) is -0.431. The van der Waals surface area contributed by atoms with Crippen LogP contribution in [0.5, 0.6) is 0 Å². The molecule has 0 N–H and O–H groups in total. The van der Waals surface area contributed by atoms with E-state index in [2.05, 4.69) is 5.10 Å². The Kier molecular flexibility index (Phi) is 3.87. The van der Waals surface area contributed by atoms with E-state index in [1.807, 2.05) is 0 Å². The van der Waals surface area contributed by atoms with Gasteiger partial charge in [0.2, 0.25) is 0 Å². The Bertz CT molecular complexity index is 892. The van der Waals surface area contributed by atoms with Crippen molar-refractivity contribution in [3.8, 4) is 6.07 Å². The van der Waals surface area contributed by atoms with Gasteiger partial charge in [0, 0.05) is 11.5 Å². The molecular weight excluding hydrogens is 326 g/mol. The van der Waals surface area contributed by atoms with Crippen molar-refractivity contribution in [3.05, 3.63) is 62.8 Å². The van der Waals surface area contributed by atoms with Crippen molar-refractivity contribution in [3.63, 3.8) is 0 Å². The van der Waals surface area contributed by atoms with E-state index in [0.29, 0.717) is 17.5 Å². The van der Waals surface area contributed by atoms with Crippen molar-refractivity contribution >= 4 is 0 Å². The molecule has 8 heteroatoms. The number of aromatic nitrogens is 2. The minimum absolute atomic E-state index is 0.00956. The van der Waals surface area contributed by atoms with E-state index >= 15 is 0 Å². The Hall–Kier alpha value is -2.69. The molecule has 24 heavy (non-hydrogen) atoms. The summed E-state index contributed by atoms with van der Waals surface area (Å²) < 4.78 is 53.8. The summed E-state index contributed by atoms with van der Waals surface area (Å²) in [6.07, 6.45) is -3.36. The van der Waals surface area contributed by atoms with Crippen molar-refractivity contribution < 1.29 is 17.6 Å². The maximum absolute atomic E-state index is 13.9. The van der Waals surface area contributed by atoms with Crippen LogP contribution < -0.4 is 5.56 Å². The molecule has 0 saturated heterocycles. The van der Waals surface area contributed by atoms with Crippen LogP contribution in [0.1, 0.15) is 41.1 Å². The first kappa shape index (κ1) is 16.2. The quantitative estimate of drug-likeness (QED) is 0.808. The molecule has 0 atom stereocenters. The Balaban J connectivity index is 2.06. The largest absolute Gasteiger partial charge is 0.421 e. The van der Waals surface area contributed by atoms with Crippen LogP contribution in [-0.4, -0.2) is 9.78 Å². The van der Waals surface area contributed by atoms with E-state index in [0.717, 1.165) is 12.1 Å². The van der Waals surface area contributed by atoms with Crippen LogP contribution in [-0.2, 0) is 12.7 Å². The SMILES string of the molecule is N#Cc1ccc(Cn2nc(C3CC3)cc(C(F)(F)F)c2=O)c(F)c1. The van der Waals surface area contributed by atoms with Gasteiger partial charge in [-0.25, -0.2) is 9.07 Å². The molecule has 1 aromatic heterocycles. The number of nitriles is 1. The fraction of sp³-hybridized carbons (Fsp3) is 0.312. The number of halogens is 4. The highest BCUT2D eigenvalue weighted by molar-refractivity contribution is 5.33. The zero-order valence-electron chi connectivity index (χ0n) is 12.3. The van der Waals surface area contributed by atoms with E-state index in [1.165, 1.54) is 12.1 Å². The van der Waals surface area contributed by atoms with Crippen molar-refractivity contribution in [2.75, 3.05) is 0 Å². The van der Waals surface area contributed by atoms with Crippen molar-refractivity contribution in [2.45, 2.75) is 31.5 Å². The number of hydrogen-bond donors (Lipinski definition) is 0. The molecule has 1 heterocycles. The summed E-state index contributed by atoms with van der Waals surface area (Å²) in [5.41, 5.74) is -2.34. The van der Waals surface area contributed by atoms with Gasteiger partial charge in [-0.15, -0.1) is 0 Å². The Morgan fingerprint density at radius 2 is 2.00 bits per heavy atom. The van der Waals surface area contributed by atoms with Crippen LogP contribution in [0.25, 0.3) is 0 Å². The lowest BCUT2D eigenvalue weighted by Crippen LogP contribution is -2.32. The molecule has 1 saturated carbocycles. The van der Waals surface area contributed by atoms with Crippen molar-refractivity contribution in [1.82, 2.24) is 9.78 Å². The second kappa shape index (κ2) is 5.74. The molecule has 1 aromatic carbocycles. The van der Waals surface area contributed by atoms with Gasteiger partial charge in [-0.1, -0.05) is 6.07 Å². The minimum Gasteiger partial charge on any atom is -0.267 e. The summed E-state index contributed by atoms with van der Waals surface area (Å²) in [4.78, 5) is 12.1. The van der Waals surface area contributed by atoms with Crippen LogP contribution in [0.15, 0.2) is 29.1 Å². The van der Waals surface area contributed by atoms with Gasteiger partial charge < -0.3 is 0 Å². The molecule has 3 rings (SSSR count). The summed E-state index contributed by atoms with van der Waals surface area (Å²) in [5.74, 6) is -0.864. The second-order valence-corrected chi connectivity index (χ2v) is 5.64. The van der Waals surface area contributed by atoms with E-state index in [4.69, 9.17) is 5.26 Å². The third kappa shape index (κ3) is 3.15. The number of rotatable bonds is 3. The predicted molar refractivity (Wildman–Crippen MR) is 75.7 cm³/mol. The third-order valence-corrected chi connectivity index (χ3v) is 3.80. The van der Waals surface area contributed by atoms with Gasteiger partial charge in [0.15, 0.2) is 0 Å². The second-order valence-electron chi connectivity index (χ2n) is 5.64. The molecule has 1 aliphatic rings. The lowest BCUT2D eigenvalue weighted by Gasteiger charge is -2.12. The predicted octanol–water partition coefficient (Wildman–Crippen LogP) is 3.20. The molecule has 0 amide bonds. The molecule has 0 bridgehead atoms. The van der Waals surface area contributed by atoms with Gasteiger partial charge >= 0.3 is 6.18 Å². The van der Waals surface area contributed by atoms with Gasteiger partial charge in [-0.3, -0.25) is 4.79 Å². The Labute approximate surface area is 134 Å². The van der Waals surface area contributed by atoms with Gasteiger partial charge in [0.05, 0.1) is 23.9 Å². The van der Waals surface area contributed by atoms with Gasteiger partial charge in [0.25, 0.3) is 5.56 Å². The van der Waals surface area contributed by atoms with Crippen LogP contribution >= 0.6 is 0 Å². The highest BCUT2D eigenvalue weighted by Crippen LogP contribution is 2.40. The topological polar surface area (TPSA) is 58.7 Å². The first-order valence-corrected chi connectivity index (χ1v) is 7.17. The zero-order chi connectivity index (χ0) is 17.5. The average Bonchev–Trinajstić information content (AvgIpc) is 3.34. The van der Waals surface area contributed by atoms with Crippen LogP contribution in [0.2, 0.25) is 0 Å². The highest BCUT2D eigenvalue weighted by Gasteiger charge is 2.37. The van der Waals surface area contributed by atoms with E-state index in [1.54, 1.807) is 6.07 Å². The Morgan fingerprint density at radius 3 is 2.54 bits per heavy atom. The molecule has 4 nitrogen and oxygen atoms in total. The Morgan fingerprint density at radius 1 is 1.29 bits per heavy atom. The monoisotopic (exact) mass is 337 g/mol. The van der Waals surface area contributed by atoms with Crippen LogP contribution in [0.4, 0.5) is 17.6 Å². The van der Waals surface area contributed by atoms with Crippen molar-refractivity contribution in [2.24, 2.45) is 0 Å². The molecule has 0 unspecified atom stereocenters. The average molecular weight is 337 g/mol. The van der Waals surface area contributed by atoms with Gasteiger partial charge in [0.1, 0.15) is 11.4 Å². The number of nitrogens with zero attached hydrogens (tertiary/aromatic N) is 3. The summed E-state index contributed by atoms with van der Waals surface area (Å²) in [7, 11) is 0. The summed E-state index contributed by atoms with van der Waals surface area (Å²) in [6, 6.07) is 6.11. The standard InChI is InChI=1S/C16H11F4N3O/c17-13-5-9(7-21)1-2-11(13)8-23-15(24)12(16(18,19)20)6-14(22-23)10-3-4-10/h1-2,5-6,10H,3-4,8H2. The molecule has 1 aliphatic carbocycles. The first-order chi connectivity index (χ1) is 11.3. The normalized spacial score (nSPS) is 14.5. The molecular formula is C16H11F4N3O. The lowest BCUT2D eigenvalue weighted by atomic mass is 10.1. The third-order valence-electron chi connectivity index (χ3n) is 3.80. The van der Waals surface area contributed by atoms with Gasteiger partial charge in [-0.2, -0.15) is 23.5 Å². The minimum atomic E-state index is -4.80. The first-order valence-electron chi connectivity index (χ1n) is 7.17. The number of hydrogen-bond acceptors (Lipinski definition) is 3. The number of benzene rings is 1. The molecule has 0 aliphatic heterocycles. The summed E-state index contributed by atoms with van der Waals surface area (Å²) >= 11 is 0. The molecule has 1 fully saturated rings. The lowest BCUT2D eigenvalue weighted by molar-refractivity contribution is -0.139. The van der Waals surface area contributed by atoms with E-state index in [-0.39, 0.29) is 22.7 Å². The number of alkyl halides is 3. The highest BCUT2D eigenvalue weighted by atomic mass is 19.4. The van der Waals surface area contributed by atoms with Gasteiger partial charge in [-0.05, 0) is 31.0 Å². The smallest absolute Gasteiger partial charge is 0.267 e. The van der Waals surface area contributed by atoms with Crippen molar-refractivity contribution in [1.29, 1.82) is 5.26 Å². The molecule has 0 spiro atoms. The summed E-state index contributed by atoms with van der Waals surface area (Å²) in [5, 5.41) is 12.7. The fourth-order valence-corrected chi connectivity index (χ4v) is 2.36. The van der Waals surface area contributed by atoms with E-state index < -0.39 is 29.7 Å². The molecule has 124 valence electrons. The van der Waals surface area contributed by atoms with Crippen LogP contribution in [0, 0.1) is 17.1 Å². The fourth-order valence-electron chi connectivity index (χ4n) is 2.36. The zero-order valence-corrected chi connectivity index (χ0v) is 12.3. The maximum Gasteiger partial charge on any atom is 0.421 e.